The van der Waals surface area contributed by atoms with Gasteiger partial charge in [0.25, 0.3) is 5.91 Å². The number of hydrogen-bond donors (Lipinski definition) is 2. The molecule has 142 valence electrons. The maximum Gasteiger partial charge on any atom is 0.306 e. The molecule has 0 bridgehead atoms. The van der Waals surface area contributed by atoms with E-state index in [4.69, 9.17) is 5.11 Å². The minimum atomic E-state index is -0.802. The van der Waals surface area contributed by atoms with Crippen LogP contribution in [0.4, 0.5) is 0 Å². The van der Waals surface area contributed by atoms with E-state index >= 15 is 0 Å². The van der Waals surface area contributed by atoms with Crippen LogP contribution >= 0.6 is 11.8 Å². The molecule has 0 radical (unpaired) electrons. The number of nitrogens with zero attached hydrogens (tertiary/aromatic N) is 1. The van der Waals surface area contributed by atoms with Crippen LogP contribution in [0.3, 0.4) is 0 Å². The molecular weight excluding hydrogens is 352 g/mol. The number of carboxylic acids is 1. The third kappa shape index (κ3) is 5.49. The molecule has 0 aromatic heterocycles. The van der Waals surface area contributed by atoms with E-state index in [9.17, 15) is 14.4 Å². The van der Waals surface area contributed by atoms with Crippen molar-refractivity contribution in [1.82, 2.24) is 10.2 Å². The Kier molecular flexibility index (Phi) is 7.50. The van der Waals surface area contributed by atoms with Gasteiger partial charge in [0, 0.05) is 18.7 Å². The number of aliphatic carboxylic acids is 1. The van der Waals surface area contributed by atoms with Gasteiger partial charge in [-0.05, 0) is 50.3 Å². The van der Waals surface area contributed by atoms with Crippen molar-refractivity contribution in [3.8, 4) is 0 Å². The summed E-state index contributed by atoms with van der Waals surface area (Å²) in [6.45, 7) is 2.76. The highest BCUT2D eigenvalue weighted by Gasteiger charge is 2.31. The van der Waals surface area contributed by atoms with Gasteiger partial charge in [-0.2, -0.15) is 11.8 Å². The average molecular weight is 378 g/mol. The van der Waals surface area contributed by atoms with E-state index in [1.807, 2.05) is 25.3 Å². The van der Waals surface area contributed by atoms with Crippen LogP contribution in [0.25, 0.3) is 0 Å². The lowest BCUT2D eigenvalue weighted by atomic mass is 9.96. The summed E-state index contributed by atoms with van der Waals surface area (Å²) in [5.74, 6) is -0.803. The number of carboxylic acid groups (broad SMARTS) is 1. The van der Waals surface area contributed by atoms with Gasteiger partial charge >= 0.3 is 5.97 Å². The molecule has 2 rings (SSSR count). The Balaban J connectivity index is 2.03. The maximum absolute atomic E-state index is 12.9. The number of amides is 2. The predicted molar refractivity (Wildman–Crippen MR) is 102 cm³/mol. The van der Waals surface area contributed by atoms with Gasteiger partial charge in [0.15, 0.2) is 0 Å². The number of carbonyl (C=O) groups excluding carboxylic acids is 2. The highest BCUT2D eigenvalue weighted by molar-refractivity contribution is 7.98. The minimum Gasteiger partial charge on any atom is -0.481 e. The van der Waals surface area contributed by atoms with Crippen molar-refractivity contribution in [1.29, 1.82) is 0 Å². The quantitative estimate of drug-likeness (QED) is 0.759. The fourth-order valence-corrected chi connectivity index (χ4v) is 3.56. The minimum absolute atomic E-state index is 0.121. The first-order chi connectivity index (χ1) is 12.4. The fourth-order valence-electron chi connectivity index (χ4n) is 3.09. The Morgan fingerprint density at radius 1 is 1.31 bits per heavy atom. The lowest BCUT2D eigenvalue weighted by molar-refractivity contribution is -0.146. The van der Waals surface area contributed by atoms with Gasteiger partial charge in [-0.15, -0.1) is 0 Å². The summed E-state index contributed by atoms with van der Waals surface area (Å²) in [6.07, 6.45) is 3.43. The second-order valence-corrected chi connectivity index (χ2v) is 7.60. The first kappa shape index (κ1) is 20.3. The normalized spacial score (nSPS) is 16.2. The summed E-state index contributed by atoms with van der Waals surface area (Å²) < 4.78 is 0. The molecule has 7 heteroatoms. The van der Waals surface area contributed by atoms with Crippen molar-refractivity contribution in [3.63, 3.8) is 0 Å². The lowest BCUT2D eigenvalue weighted by Gasteiger charge is -2.33. The number of thioether (sulfide) groups is 1. The van der Waals surface area contributed by atoms with Crippen LogP contribution in [0.5, 0.6) is 0 Å². The molecule has 1 heterocycles. The molecule has 0 saturated carbocycles. The summed E-state index contributed by atoms with van der Waals surface area (Å²) in [6, 6.07) is 6.68. The average Bonchev–Trinajstić information content (AvgIpc) is 2.64. The van der Waals surface area contributed by atoms with E-state index in [1.165, 1.54) is 0 Å². The summed E-state index contributed by atoms with van der Waals surface area (Å²) >= 11 is 1.62. The van der Waals surface area contributed by atoms with Gasteiger partial charge < -0.3 is 15.3 Å². The molecule has 1 aliphatic rings. The van der Waals surface area contributed by atoms with Gasteiger partial charge in [-0.1, -0.05) is 17.7 Å². The molecule has 1 fully saturated rings. The van der Waals surface area contributed by atoms with Gasteiger partial charge in [-0.3, -0.25) is 14.4 Å². The zero-order valence-electron chi connectivity index (χ0n) is 15.2. The zero-order valence-corrected chi connectivity index (χ0v) is 16.1. The largest absolute Gasteiger partial charge is 0.481 e. The van der Waals surface area contributed by atoms with Crippen LogP contribution in [-0.2, 0) is 9.59 Å². The molecule has 0 aliphatic carbocycles. The SMILES string of the molecule is CSCCC(NC(=O)c1cccc(C)c1)C(=O)N1CCC(C(=O)O)CC1. The topological polar surface area (TPSA) is 86.7 Å². The van der Waals surface area contributed by atoms with Crippen molar-refractivity contribution in [2.24, 2.45) is 5.92 Å². The zero-order chi connectivity index (χ0) is 19.1. The number of piperidine rings is 1. The van der Waals surface area contributed by atoms with Gasteiger partial charge in [-0.25, -0.2) is 0 Å². The van der Waals surface area contributed by atoms with Crippen molar-refractivity contribution >= 4 is 29.5 Å². The van der Waals surface area contributed by atoms with Gasteiger partial charge in [0.1, 0.15) is 6.04 Å². The Morgan fingerprint density at radius 3 is 2.58 bits per heavy atom. The van der Waals surface area contributed by atoms with Crippen molar-refractivity contribution in [2.45, 2.75) is 32.2 Å². The number of carbonyl (C=O) groups is 3. The number of aryl methyl sites for hydroxylation is 1. The van der Waals surface area contributed by atoms with Crippen LogP contribution in [0.15, 0.2) is 24.3 Å². The summed E-state index contributed by atoms with van der Waals surface area (Å²) in [4.78, 5) is 38.2. The van der Waals surface area contributed by atoms with Gasteiger partial charge in [0.2, 0.25) is 5.91 Å². The first-order valence-electron chi connectivity index (χ1n) is 8.80. The summed E-state index contributed by atoms with van der Waals surface area (Å²) in [5, 5.41) is 12.0. The van der Waals surface area contributed by atoms with Crippen molar-refractivity contribution in [2.75, 3.05) is 25.1 Å². The Hall–Kier alpha value is -2.02. The van der Waals surface area contributed by atoms with E-state index in [1.54, 1.807) is 28.8 Å². The highest BCUT2D eigenvalue weighted by atomic mass is 32.2. The number of benzene rings is 1. The monoisotopic (exact) mass is 378 g/mol. The van der Waals surface area contributed by atoms with Crippen LogP contribution in [0.1, 0.15) is 35.2 Å². The molecular formula is C19H26N2O4S. The fraction of sp³-hybridized carbons (Fsp3) is 0.526. The molecule has 6 nitrogen and oxygen atoms in total. The van der Waals surface area contributed by atoms with Crippen LogP contribution in [0.2, 0.25) is 0 Å². The summed E-state index contributed by atoms with van der Waals surface area (Å²) in [7, 11) is 0. The lowest BCUT2D eigenvalue weighted by Crippen LogP contribution is -2.51. The molecule has 26 heavy (non-hydrogen) atoms. The number of nitrogens with one attached hydrogen (secondary N) is 1. The Morgan fingerprint density at radius 2 is 2.00 bits per heavy atom. The number of likely N-dealkylation sites (tertiary alicyclic amines) is 1. The van der Waals surface area contributed by atoms with E-state index in [0.717, 1.165) is 11.3 Å². The second-order valence-electron chi connectivity index (χ2n) is 6.61. The second kappa shape index (κ2) is 9.62. The molecule has 1 aliphatic heterocycles. The first-order valence-corrected chi connectivity index (χ1v) is 10.2. The van der Waals surface area contributed by atoms with Crippen molar-refractivity contribution in [3.05, 3.63) is 35.4 Å². The van der Waals surface area contributed by atoms with E-state index in [0.29, 0.717) is 37.9 Å². The molecule has 2 N–H and O–H groups in total. The molecule has 1 atom stereocenters. The van der Waals surface area contributed by atoms with E-state index in [2.05, 4.69) is 5.32 Å². The molecule has 1 saturated heterocycles. The van der Waals surface area contributed by atoms with Crippen molar-refractivity contribution < 1.29 is 19.5 Å². The Bertz CT molecular complexity index is 657. The predicted octanol–water partition coefficient (Wildman–Crippen LogP) is 2.17. The third-order valence-electron chi connectivity index (χ3n) is 4.65. The standard InChI is InChI=1S/C19H26N2O4S/c1-13-4-3-5-15(12-13)17(22)20-16(8-11-26-2)18(23)21-9-6-14(7-10-21)19(24)25/h3-5,12,14,16H,6-11H2,1-2H3,(H,20,22)(H,24,25). The molecule has 2 amide bonds. The Labute approximate surface area is 158 Å². The number of hydrogen-bond acceptors (Lipinski definition) is 4. The molecule has 1 aromatic rings. The molecule has 1 aromatic carbocycles. The van der Waals surface area contributed by atoms with Crippen LogP contribution in [-0.4, -0.2) is 58.9 Å². The summed E-state index contributed by atoms with van der Waals surface area (Å²) in [5.41, 5.74) is 1.52. The van der Waals surface area contributed by atoms with Crippen LogP contribution < -0.4 is 5.32 Å². The highest BCUT2D eigenvalue weighted by Crippen LogP contribution is 2.19. The third-order valence-corrected chi connectivity index (χ3v) is 5.29. The molecule has 1 unspecified atom stereocenters. The van der Waals surface area contributed by atoms with E-state index in [-0.39, 0.29) is 17.7 Å². The van der Waals surface area contributed by atoms with Gasteiger partial charge in [0.05, 0.1) is 5.92 Å². The number of rotatable bonds is 7. The molecule has 0 spiro atoms. The van der Waals surface area contributed by atoms with Crippen LogP contribution in [0, 0.1) is 12.8 Å². The smallest absolute Gasteiger partial charge is 0.306 e. The van der Waals surface area contributed by atoms with E-state index < -0.39 is 12.0 Å². The maximum atomic E-state index is 12.9.